The first-order valence-corrected chi connectivity index (χ1v) is 13.0. The highest BCUT2D eigenvalue weighted by atomic mass is 16.5. The Kier molecular flexibility index (Phi) is 10.6. The highest BCUT2D eigenvalue weighted by Crippen LogP contribution is 2.25. The van der Waals surface area contributed by atoms with Crippen molar-refractivity contribution in [2.45, 2.75) is 26.3 Å². The minimum absolute atomic E-state index is 0.516. The lowest BCUT2D eigenvalue weighted by molar-refractivity contribution is 0.0338. The van der Waals surface area contributed by atoms with E-state index in [-0.39, 0.29) is 0 Å². The number of methoxy groups -OCH3 is 3. The van der Waals surface area contributed by atoms with E-state index in [1.807, 2.05) is 48.5 Å². The quantitative estimate of drug-likeness (QED) is 0.161. The second-order valence-corrected chi connectivity index (χ2v) is 9.19. The summed E-state index contributed by atoms with van der Waals surface area (Å²) in [5.74, 6) is 2.54. The van der Waals surface area contributed by atoms with Crippen LogP contribution in [0.1, 0.15) is 22.3 Å². The molecule has 6 heteroatoms. The SMILES string of the molecule is COc1cccc(COCCOCc2cccc(N(Cc3cccc(OC)c3)Cc3cccc(OC)c3)c2)c1. The Morgan fingerprint density at radius 2 is 0.897 bits per heavy atom. The molecule has 204 valence electrons. The molecule has 0 amide bonds. The molecule has 0 radical (unpaired) electrons. The first kappa shape index (κ1) is 28.0. The van der Waals surface area contributed by atoms with E-state index in [0.29, 0.717) is 26.4 Å². The fraction of sp³-hybridized carbons (Fsp3) is 0.273. The molecule has 4 aromatic rings. The van der Waals surface area contributed by atoms with E-state index in [0.717, 1.165) is 47.2 Å². The molecule has 0 saturated carbocycles. The van der Waals surface area contributed by atoms with Crippen LogP contribution >= 0.6 is 0 Å². The van der Waals surface area contributed by atoms with Gasteiger partial charge in [0.1, 0.15) is 17.2 Å². The van der Waals surface area contributed by atoms with E-state index in [1.54, 1.807) is 21.3 Å². The molecule has 0 spiro atoms. The number of anilines is 1. The molecule has 4 rings (SSSR count). The fourth-order valence-electron chi connectivity index (χ4n) is 4.32. The van der Waals surface area contributed by atoms with Crippen LogP contribution in [0.2, 0.25) is 0 Å². The maximum atomic E-state index is 5.93. The number of hydrogen-bond donors (Lipinski definition) is 0. The Bertz CT molecular complexity index is 1260. The van der Waals surface area contributed by atoms with Crippen LogP contribution in [-0.4, -0.2) is 34.5 Å². The molecule has 0 bridgehead atoms. The van der Waals surface area contributed by atoms with Crippen LogP contribution in [-0.2, 0) is 35.8 Å². The van der Waals surface area contributed by atoms with Crippen molar-refractivity contribution in [3.8, 4) is 17.2 Å². The molecule has 0 atom stereocenters. The van der Waals surface area contributed by atoms with Gasteiger partial charge in [-0.2, -0.15) is 0 Å². The molecule has 0 aromatic heterocycles. The highest BCUT2D eigenvalue weighted by Gasteiger charge is 2.11. The Morgan fingerprint density at radius 3 is 1.38 bits per heavy atom. The monoisotopic (exact) mass is 527 g/mol. The summed E-state index contributed by atoms with van der Waals surface area (Å²) < 4.78 is 27.9. The molecular weight excluding hydrogens is 490 g/mol. The van der Waals surface area contributed by atoms with Gasteiger partial charge in [-0.15, -0.1) is 0 Å². The van der Waals surface area contributed by atoms with Crippen molar-refractivity contribution >= 4 is 5.69 Å². The summed E-state index contributed by atoms with van der Waals surface area (Å²) in [6.45, 7) is 3.55. The summed E-state index contributed by atoms with van der Waals surface area (Å²) in [5, 5.41) is 0. The Balaban J connectivity index is 1.37. The van der Waals surface area contributed by atoms with Gasteiger partial charge in [0.25, 0.3) is 0 Å². The molecule has 6 nitrogen and oxygen atoms in total. The zero-order valence-electron chi connectivity index (χ0n) is 23.0. The van der Waals surface area contributed by atoms with Crippen molar-refractivity contribution in [3.05, 3.63) is 119 Å². The number of nitrogens with zero attached hydrogens (tertiary/aromatic N) is 1. The summed E-state index contributed by atoms with van der Waals surface area (Å²) >= 11 is 0. The first-order valence-electron chi connectivity index (χ1n) is 13.0. The molecule has 0 aliphatic heterocycles. The van der Waals surface area contributed by atoms with Crippen molar-refractivity contribution < 1.29 is 23.7 Å². The largest absolute Gasteiger partial charge is 0.497 e. The van der Waals surface area contributed by atoms with E-state index < -0.39 is 0 Å². The minimum atomic E-state index is 0.516. The second-order valence-electron chi connectivity index (χ2n) is 9.19. The second kappa shape index (κ2) is 14.8. The predicted octanol–water partition coefficient (Wildman–Crippen LogP) is 6.65. The van der Waals surface area contributed by atoms with Crippen molar-refractivity contribution in [3.63, 3.8) is 0 Å². The summed E-state index contributed by atoms with van der Waals surface area (Å²) in [4.78, 5) is 2.35. The van der Waals surface area contributed by atoms with Crippen LogP contribution < -0.4 is 19.1 Å². The number of ether oxygens (including phenoxy) is 5. The van der Waals surface area contributed by atoms with Crippen molar-refractivity contribution in [2.24, 2.45) is 0 Å². The van der Waals surface area contributed by atoms with E-state index in [4.69, 9.17) is 23.7 Å². The van der Waals surface area contributed by atoms with Gasteiger partial charge in [-0.1, -0.05) is 48.5 Å². The van der Waals surface area contributed by atoms with Crippen LogP contribution in [0.25, 0.3) is 0 Å². The van der Waals surface area contributed by atoms with Gasteiger partial charge in [-0.05, 0) is 70.8 Å². The molecular formula is C33H37NO5. The van der Waals surface area contributed by atoms with Gasteiger partial charge in [-0.3, -0.25) is 0 Å². The Morgan fingerprint density at radius 1 is 0.487 bits per heavy atom. The predicted molar refractivity (Wildman–Crippen MR) is 155 cm³/mol. The number of benzene rings is 4. The molecule has 39 heavy (non-hydrogen) atoms. The highest BCUT2D eigenvalue weighted by molar-refractivity contribution is 5.50. The average Bonchev–Trinajstić information content (AvgIpc) is 2.99. The van der Waals surface area contributed by atoms with Gasteiger partial charge in [0.05, 0.1) is 47.8 Å². The molecule has 0 aliphatic rings. The zero-order valence-corrected chi connectivity index (χ0v) is 23.0. The Hall–Kier alpha value is -4.00. The van der Waals surface area contributed by atoms with Gasteiger partial charge in [-0.25, -0.2) is 0 Å². The number of rotatable bonds is 15. The molecule has 4 aromatic carbocycles. The van der Waals surface area contributed by atoms with Crippen molar-refractivity contribution in [1.29, 1.82) is 0 Å². The molecule has 0 aliphatic carbocycles. The van der Waals surface area contributed by atoms with Crippen LogP contribution in [0.3, 0.4) is 0 Å². The fourth-order valence-corrected chi connectivity index (χ4v) is 4.32. The lowest BCUT2D eigenvalue weighted by atomic mass is 10.1. The van der Waals surface area contributed by atoms with Gasteiger partial charge >= 0.3 is 0 Å². The lowest BCUT2D eigenvalue weighted by Gasteiger charge is -2.26. The van der Waals surface area contributed by atoms with Crippen LogP contribution in [0.5, 0.6) is 17.2 Å². The minimum Gasteiger partial charge on any atom is -0.497 e. The normalized spacial score (nSPS) is 10.7. The smallest absolute Gasteiger partial charge is 0.119 e. The standard InChI is InChI=1S/C33H37NO5/c1-35-31-13-5-8-26(19-31)22-34(23-27-9-6-14-32(20-27)36-2)30-12-4-10-28(18-30)24-38-16-17-39-25-29-11-7-15-33(21-29)37-3/h4-15,18-21H,16-17,22-25H2,1-3H3. The molecule has 0 heterocycles. The average molecular weight is 528 g/mol. The van der Waals surface area contributed by atoms with E-state index >= 15 is 0 Å². The van der Waals surface area contributed by atoms with Crippen molar-refractivity contribution in [2.75, 3.05) is 39.4 Å². The summed E-state index contributed by atoms with van der Waals surface area (Å²) in [7, 11) is 5.06. The van der Waals surface area contributed by atoms with E-state index in [9.17, 15) is 0 Å². The Labute approximate surface area is 231 Å². The zero-order chi connectivity index (χ0) is 27.3. The lowest BCUT2D eigenvalue weighted by Crippen LogP contribution is -2.22. The van der Waals surface area contributed by atoms with Crippen LogP contribution in [0.4, 0.5) is 5.69 Å². The van der Waals surface area contributed by atoms with Crippen LogP contribution in [0, 0.1) is 0 Å². The van der Waals surface area contributed by atoms with Gasteiger partial charge in [0.2, 0.25) is 0 Å². The molecule has 0 fully saturated rings. The third-order valence-corrected chi connectivity index (χ3v) is 6.33. The summed E-state index contributed by atoms with van der Waals surface area (Å²) in [5.41, 5.74) is 5.66. The number of hydrogen-bond acceptors (Lipinski definition) is 6. The van der Waals surface area contributed by atoms with Crippen LogP contribution in [0.15, 0.2) is 97.1 Å². The van der Waals surface area contributed by atoms with E-state index in [1.165, 1.54) is 11.1 Å². The first-order chi connectivity index (χ1) is 19.2. The van der Waals surface area contributed by atoms with Gasteiger partial charge < -0.3 is 28.6 Å². The summed E-state index contributed by atoms with van der Waals surface area (Å²) in [6, 6.07) is 32.8. The van der Waals surface area contributed by atoms with Gasteiger partial charge in [0.15, 0.2) is 0 Å². The van der Waals surface area contributed by atoms with Gasteiger partial charge in [0, 0.05) is 18.8 Å². The third-order valence-electron chi connectivity index (χ3n) is 6.33. The van der Waals surface area contributed by atoms with E-state index in [2.05, 4.69) is 53.4 Å². The molecule has 0 saturated heterocycles. The maximum Gasteiger partial charge on any atom is 0.119 e. The van der Waals surface area contributed by atoms with Crippen molar-refractivity contribution in [1.82, 2.24) is 0 Å². The molecule has 0 N–H and O–H groups in total. The maximum absolute atomic E-state index is 5.93. The summed E-state index contributed by atoms with van der Waals surface area (Å²) in [6.07, 6.45) is 0. The topological polar surface area (TPSA) is 49.4 Å². The third kappa shape index (κ3) is 8.77. The molecule has 0 unspecified atom stereocenters.